The van der Waals surface area contributed by atoms with Crippen molar-refractivity contribution in [2.24, 2.45) is 0 Å². The number of carbonyl (C=O) groups excluding carboxylic acids is 1. The van der Waals surface area contributed by atoms with Gasteiger partial charge in [0.25, 0.3) is 5.91 Å². The SMILES string of the molecule is Cc1cc(Cl)ccc1NC1NC(=O)/C(=C/c2cc(I)c(O)c(I)c2)S1. The van der Waals surface area contributed by atoms with Crippen LogP contribution in [0.2, 0.25) is 5.02 Å². The number of amides is 1. The molecule has 1 amide bonds. The highest BCUT2D eigenvalue weighted by Crippen LogP contribution is 2.33. The van der Waals surface area contributed by atoms with E-state index in [2.05, 4.69) is 55.8 Å². The number of thioether (sulfide) groups is 1. The summed E-state index contributed by atoms with van der Waals surface area (Å²) in [5, 5.41) is 16.8. The van der Waals surface area contributed by atoms with Gasteiger partial charge in [-0.1, -0.05) is 23.4 Å². The molecule has 1 unspecified atom stereocenters. The third-order valence-corrected chi connectivity index (χ3v) is 6.45. The fraction of sp³-hybridized carbons (Fsp3) is 0.118. The lowest BCUT2D eigenvalue weighted by Gasteiger charge is -2.15. The molecule has 3 N–H and O–H groups in total. The number of nitrogens with one attached hydrogen (secondary N) is 2. The van der Waals surface area contributed by atoms with Gasteiger partial charge in [0, 0.05) is 10.7 Å². The lowest BCUT2D eigenvalue weighted by atomic mass is 10.2. The molecule has 25 heavy (non-hydrogen) atoms. The zero-order chi connectivity index (χ0) is 18.1. The molecule has 0 bridgehead atoms. The Kier molecular flexibility index (Phi) is 6.07. The lowest BCUT2D eigenvalue weighted by Crippen LogP contribution is -2.31. The maximum absolute atomic E-state index is 12.2. The first-order chi connectivity index (χ1) is 11.8. The van der Waals surface area contributed by atoms with Gasteiger partial charge in [-0.05, 0) is 99.6 Å². The molecule has 2 aromatic carbocycles. The number of hydrogen-bond acceptors (Lipinski definition) is 4. The lowest BCUT2D eigenvalue weighted by molar-refractivity contribution is -0.116. The zero-order valence-corrected chi connectivity index (χ0v) is 18.8. The van der Waals surface area contributed by atoms with Crippen molar-refractivity contribution in [2.45, 2.75) is 12.4 Å². The Balaban J connectivity index is 1.78. The minimum atomic E-state index is -0.242. The predicted octanol–water partition coefficient (Wildman–Crippen LogP) is 5.16. The van der Waals surface area contributed by atoms with Crippen molar-refractivity contribution in [3.05, 3.63) is 58.5 Å². The number of rotatable bonds is 3. The minimum Gasteiger partial charge on any atom is -0.506 e. The molecule has 1 heterocycles. The fourth-order valence-electron chi connectivity index (χ4n) is 2.32. The van der Waals surface area contributed by atoms with Crippen LogP contribution in [0.3, 0.4) is 0 Å². The number of carbonyl (C=O) groups is 1. The van der Waals surface area contributed by atoms with E-state index in [-0.39, 0.29) is 17.2 Å². The highest BCUT2D eigenvalue weighted by Gasteiger charge is 2.27. The maximum atomic E-state index is 12.2. The largest absolute Gasteiger partial charge is 0.506 e. The standard InChI is InChI=1S/C17H13ClI2N2O2S/c1-8-4-10(18)2-3-13(8)21-17-22-16(24)14(25-17)7-9-5-11(19)15(23)12(20)6-9/h2-7,17,21,23H,1H3,(H,22,24)/b14-7-. The Hall–Kier alpha value is -0.650. The van der Waals surface area contributed by atoms with Gasteiger partial charge in [-0.25, -0.2) is 0 Å². The number of phenolic OH excluding ortho intramolecular Hbond substituents is 1. The summed E-state index contributed by atoms with van der Waals surface area (Å²) in [6.07, 6.45) is 1.83. The number of anilines is 1. The van der Waals surface area contributed by atoms with E-state index in [0.29, 0.717) is 9.93 Å². The summed E-state index contributed by atoms with van der Waals surface area (Å²) in [6, 6.07) is 9.29. The van der Waals surface area contributed by atoms with Crippen LogP contribution in [-0.2, 0) is 4.79 Å². The van der Waals surface area contributed by atoms with Crippen LogP contribution in [0.25, 0.3) is 6.08 Å². The normalized spacial score (nSPS) is 18.5. The van der Waals surface area contributed by atoms with Gasteiger partial charge >= 0.3 is 0 Å². The van der Waals surface area contributed by atoms with Crippen molar-refractivity contribution in [1.29, 1.82) is 0 Å². The quantitative estimate of drug-likeness (QED) is 0.338. The summed E-state index contributed by atoms with van der Waals surface area (Å²) in [4.78, 5) is 12.9. The summed E-state index contributed by atoms with van der Waals surface area (Å²) in [5.74, 6) is 0.150. The molecule has 1 atom stereocenters. The average molecular weight is 599 g/mol. The predicted molar refractivity (Wildman–Crippen MR) is 121 cm³/mol. The number of halogens is 3. The van der Waals surface area contributed by atoms with E-state index in [9.17, 15) is 9.90 Å². The van der Waals surface area contributed by atoms with Crippen molar-refractivity contribution in [2.75, 3.05) is 5.32 Å². The van der Waals surface area contributed by atoms with E-state index < -0.39 is 0 Å². The van der Waals surface area contributed by atoms with Crippen LogP contribution < -0.4 is 10.6 Å². The average Bonchev–Trinajstić information content (AvgIpc) is 2.87. The van der Waals surface area contributed by atoms with E-state index in [4.69, 9.17) is 11.6 Å². The third-order valence-electron chi connectivity index (χ3n) is 3.54. The second kappa shape index (κ2) is 7.93. The van der Waals surface area contributed by atoms with Crippen LogP contribution in [0.5, 0.6) is 5.75 Å². The maximum Gasteiger partial charge on any atom is 0.260 e. The molecule has 0 saturated carbocycles. The van der Waals surface area contributed by atoms with Gasteiger partial charge in [0.2, 0.25) is 0 Å². The molecule has 3 rings (SSSR count). The van der Waals surface area contributed by atoms with Crippen molar-refractivity contribution in [3.8, 4) is 5.75 Å². The van der Waals surface area contributed by atoms with Gasteiger partial charge in [0.05, 0.1) is 12.0 Å². The van der Waals surface area contributed by atoms with Crippen molar-refractivity contribution < 1.29 is 9.90 Å². The van der Waals surface area contributed by atoms with E-state index in [1.807, 2.05) is 43.3 Å². The minimum absolute atomic E-state index is 0.118. The highest BCUT2D eigenvalue weighted by atomic mass is 127. The fourth-order valence-corrected chi connectivity index (χ4v) is 5.33. The van der Waals surface area contributed by atoms with E-state index >= 15 is 0 Å². The van der Waals surface area contributed by atoms with Gasteiger partial charge in [-0.2, -0.15) is 0 Å². The molecular formula is C17H13ClI2N2O2S. The van der Waals surface area contributed by atoms with E-state index in [0.717, 1.165) is 24.0 Å². The molecular weight excluding hydrogens is 586 g/mol. The van der Waals surface area contributed by atoms with E-state index in [1.54, 1.807) is 0 Å². The van der Waals surface area contributed by atoms with Gasteiger partial charge in [0.1, 0.15) is 5.75 Å². The zero-order valence-electron chi connectivity index (χ0n) is 12.9. The Morgan fingerprint density at radius 1 is 1.28 bits per heavy atom. The molecule has 130 valence electrons. The smallest absolute Gasteiger partial charge is 0.260 e. The summed E-state index contributed by atoms with van der Waals surface area (Å²) in [7, 11) is 0. The van der Waals surface area contributed by atoms with Gasteiger partial charge in [-0.15, -0.1) is 0 Å². The molecule has 1 aliphatic rings. The van der Waals surface area contributed by atoms with Crippen molar-refractivity contribution in [1.82, 2.24) is 5.32 Å². The first kappa shape index (κ1) is 19.1. The Morgan fingerprint density at radius 3 is 2.60 bits per heavy atom. The Labute approximate surface area is 182 Å². The second-order valence-corrected chi connectivity index (χ2v) is 9.32. The summed E-state index contributed by atoms with van der Waals surface area (Å²) >= 11 is 11.6. The van der Waals surface area contributed by atoms with Crippen LogP contribution in [0.15, 0.2) is 35.2 Å². The molecule has 2 aromatic rings. The molecule has 1 fully saturated rings. The topological polar surface area (TPSA) is 61.4 Å². The number of aromatic hydroxyl groups is 1. The summed E-state index contributed by atoms with van der Waals surface area (Å²) in [6.45, 7) is 1.97. The third kappa shape index (κ3) is 4.55. The van der Waals surface area contributed by atoms with Gasteiger partial charge < -0.3 is 15.7 Å². The first-order valence-electron chi connectivity index (χ1n) is 7.23. The molecule has 4 nitrogen and oxygen atoms in total. The molecule has 0 aliphatic carbocycles. The molecule has 0 aromatic heterocycles. The van der Waals surface area contributed by atoms with Crippen molar-refractivity contribution >= 4 is 86.2 Å². The second-order valence-electron chi connectivity index (χ2n) is 5.42. The van der Waals surface area contributed by atoms with Crippen LogP contribution >= 0.6 is 68.5 Å². The number of phenols is 1. The highest BCUT2D eigenvalue weighted by molar-refractivity contribution is 14.1. The number of hydrogen-bond donors (Lipinski definition) is 3. The Bertz CT molecular complexity index is 866. The molecule has 0 spiro atoms. The van der Waals surface area contributed by atoms with Gasteiger partial charge in [0.15, 0.2) is 5.50 Å². The first-order valence-corrected chi connectivity index (χ1v) is 10.6. The van der Waals surface area contributed by atoms with Crippen LogP contribution in [0, 0.1) is 14.1 Å². The number of benzene rings is 2. The monoisotopic (exact) mass is 598 g/mol. The van der Waals surface area contributed by atoms with E-state index in [1.165, 1.54) is 11.8 Å². The van der Waals surface area contributed by atoms with Crippen LogP contribution in [0.1, 0.15) is 11.1 Å². The van der Waals surface area contributed by atoms with Crippen LogP contribution in [-0.4, -0.2) is 16.5 Å². The van der Waals surface area contributed by atoms with Crippen molar-refractivity contribution in [3.63, 3.8) is 0 Å². The van der Waals surface area contributed by atoms with Gasteiger partial charge in [-0.3, -0.25) is 4.79 Å². The molecule has 0 radical (unpaired) electrons. The number of aryl methyl sites for hydroxylation is 1. The summed E-state index contributed by atoms with van der Waals surface area (Å²) < 4.78 is 1.51. The molecule has 8 heteroatoms. The Morgan fingerprint density at radius 2 is 1.96 bits per heavy atom. The molecule has 1 aliphatic heterocycles. The van der Waals surface area contributed by atoms with Crippen LogP contribution in [0.4, 0.5) is 5.69 Å². The summed E-state index contributed by atoms with van der Waals surface area (Å²) in [5.41, 5.74) is 2.58. The molecule has 1 saturated heterocycles.